The quantitative estimate of drug-likeness (QED) is 0.496. The van der Waals surface area contributed by atoms with Gasteiger partial charge in [-0.3, -0.25) is 4.79 Å². The molecule has 6 nitrogen and oxygen atoms in total. The molecule has 9 heteroatoms. The molecule has 182 valence electrons. The predicted molar refractivity (Wildman–Crippen MR) is 122 cm³/mol. The molecule has 3 aromatic carbocycles. The van der Waals surface area contributed by atoms with E-state index in [9.17, 15) is 27.9 Å². The van der Waals surface area contributed by atoms with Crippen molar-refractivity contribution in [2.75, 3.05) is 19.0 Å². The number of methoxy groups -OCH3 is 1. The molecule has 0 spiro atoms. The second kappa shape index (κ2) is 9.07. The Morgan fingerprint density at radius 3 is 2.46 bits per heavy atom. The zero-order chi connectivity index (χ0) is 25.4. The SMILES string of the molecule is COC(=O)c1ccc(-c2ccccc2)c(C(C)C(O)(c2ccc3c(c2)NC(=O)CO3)C(F)(F)F)c1. The molecule has 1 amide bonds. The zero-order valence-electron chi connectivity index (χ0n) is 18.8. The molecule has 3 aromatic rings. The molecule has 2 N–H and O–H groups in total. The van der Waals surface area contributed by atoms with Crippen LogP contribution in [0.15, 0.2) is 66.7 Å². The Hall–Kier alpha value is -3.85. The zero-order valence-corrected chi connectivity index (χ0v) is 18.8. The molecule has 1 aliphatic heterocycles. The lowest BCUT2D eigenvalue weighted by atomic mass is 9.75. The van der Waals surface area contributed by atoms with Crippen LogP contribution in [0.2, 0.25) is 0 Å². The van der Waals surface area contributed by atoms with Gasteiger partial charge in [0.2, 0.25) is 0 Å². The number of amides is 1. The van der Waals surface area contributed by atoms with E-state index in [0.29, 0.717) is 11.1 Å². The summed E-state index contributed by atoms with van der Waals surface area (Å²) >= 11 is 0. The first-order valence-electron chi connectivity index (χ1n) is 10.7. The summed E-state index contributed by atoms with van der Waals surface area (Å²) in [5, 5.41) is 13.8. The number of fused-ring (bicyclic) bond motifs is 1. The minimum atomic E-state index is -5.12. The van der Waals surface area contributed by atoms with E-state index in [2.05, 4.69) is 5.32 Å². The van der Waals surface area contributed by atoms with Gasteiger partial charge in [-0.1, -0.05) is 49.4 Å². The Bertz CT molecular complexity index is 1280. The summed E-state index contributed by atoms with van der Waals surface area (Å²) in [7, 11) is 1.17. The lowest BCUT2D eigenvalue weighted by Gasteiger charge is -2.38. The topological polar surface area (TPSA) is 84.9 Å². The third-order valence-electron chi connectivity index (χ3n) is 6.14. The highest BCUT2D eigenvalue weighted by Gasteiger charge is 2.59. The van der Waals surface area contributed by atoms with Crippen molar-refractivity contribution in [3.05, 3.63) is 83.4 Å². The van der Waals surface area contributed by atoms with Gasteiger partial charge in [0.05, 0.1) is 18.4 Å². The summed E-state index contributed by atoms with van der Waals surface area (Å²) in [5.74, 6) is -2.61. The molecule has 4 rings (SSSR count). The van der Waals surface area contributed by atoms with E-state index in [4.69, 9.17) is 9.47 Å². The molecule has 2 atom stereocenters. The molecule has 0 aliphatic carbocycles. The molecule has 0 saturated heterocycles. The van der Waals surface area contributed by atoms with Crippen molar-refractivity contribution in [3.63, 3.8) is 0 Å². The van der Waals surface area contributed by atoms with E-state index < -0.39 is 35.1 Å². The fourth-order valence-corrected chi connectivity index (χ4v) is 4.25. The Morgan fingerprint density at radius 1 is 1.09 bits per heavy atom. The number of halogens is 3. The van der Waals surface area contributed by atoms with Crippen molar-refractivity contribution in [2.24, 2.45) is 0 Å². The second-order valence-electron chi connectivity index (χ2n) is 8.19. The smallest absolute Gasteiger partial charge is 0.422 e. The van der Waals surface area contributed by atoms with Gasteiger partial charge in [-0.25, -0.2) is 4.79 Å². The third kappa shape index (κ3) is 4.35. The Morgan fingerprint density at radius 2 is 1.80 bits per heavy atom. The minimum absolute atomic E-state index is 0.0280. The summed E-state index contributed by atoms with van der Waals surface area (Å²) < 4.78 is 53.9. The summed E-state index contributed by atoms with van der Waals surface area (Å²) in [5.41, 5.74) is -2.65. The van der Waals surface area contributed by atoms with Crippen molar-refractivity contribution >= 4 is 17.6 Å². The average molecular weight is 485 g/mol. The van der Waals surface area contributed by atoms with E-state index in [0.717, 1.165) is 12.1 Å². The van der Waals surface area contributed by atoms with Gasteiger partial charge >= 0.3 is 12.1 Å². The maximum Gasteiger partial charge on any atom is 0.422 e. The molecule has 0 fully saturated rings. The van der Waals surface area contributed by atoms with Gasteiger partial charge < -0.3 is 19.9 Å². The number of hydrogen-bond acceptors (Lipinski definition) is 5. The standard InChI is InChI=1S/C26H22F3NO5/c1-15(20-12-17(24(32)34-2)8-10-19(20)16-6-4-3-5-7-16)25(33,26(27,28)29)18-9-11-22-21(13-18)30-23(31)14-35-22/h3-13,15,33H,14H2,1-2H3,(H,30,31). The Kier molecular flexibility index (Phi) is 6.29. The van der Waals surface area contributed by atoms with Crippen molar-refractivity contribution < 1.29 is 37.3 Å². The van der Waals surface area contributed by atoms with Crippen molar-refractivity contribution in [1.82, 2.24) is 0 Å². The first kappa shape index (κ1) is 24.3. The van der Waals surface area contributed by atoms with E-state index in [1.165, 1.54) is 38.3 Å². The van der Waals surface area contributed by atoms with Crippen molar-refractivity contribution in [2.45, 2.75) is 24.6 Å². The van der Waals surface area contributed by atoms with Crippen LogP contribution in [0.4, 0.5) is 18.9 Å². The minimum Gasteiger partial charge on any atom is -0.482 e. The van der Waals surface area contributed by atoms with Crippen LogP contribution in [-0.4, -0.2) is 36.9 Å². The van der Waals surface area contributed by atoms with E-state index in [1.54, 1.807) is 30.3 Å². The molecule has 0 radical (unpaired) electrons. The number of rotatable bonds is 5. The lowest BCUT2D eigenvalue weighted by Crippen LogP contribution is -2.46. The molecule has 0 aromatic heterocycles. The van der Waals surface area contributed by atoms with Gasteiger partial charge in [-0.05, 0) is 46.5 Å². The molecule has 1 aliphatic rings. The number of aliphatic hydroxyl groups is 1. The summed E-state index contributed by atoms with van der Waals surface area (Å²) in [6, 6.07) is 16.4. The van der Waals surface area contributed by atoms with Gasteiger partial charge in [0, 0.05) is 5.92 Å². The van der Waals surface area contributed by atoms with E-state index in [1.807, 2.05) is 0 Å². The van der Waals surface area contributed by atoms with E-state index >= 15 is 0 Å². The highest BCUT2D eigenvalue weighted by molar-refractivity contribution is 5.95. The first-order chi connectivity index (χ1) is 16.6. The number of esters is 1. The van der Waals surface area contributed by atoms with Gasteiger partial charge in [0.15, 0.2) is 12.2 Å². The summed E-state index contributed by atoms with van der Waals surface area (Å²) in [4.78, 5) is 23.9. The number of carbonyl (C=O) groups is 2. The van der Waals surface area contributed by atoms with Gasteiger partial charge in [0.1, 0.15) is 5.75 Å². The van der Waals surface area contributed by atoms with Crippen molar-refractivity contribution in [1.29, 1.82) is 0 Å². The predicted octanol–water partition coefficient (Wildman–Crippen LogP) is 5.02. The van der Waals surface area contributed by atoms with Gasteiger partial charge in [0.25, 0.3) is 5.91 Å². The number of alkyl halides is 3. The fraction of sp³-hybridized carbons (Fsp3) is 0.231. The lowest BCUT2D eigenvalue weighted by molar-refractivity contribution is -0.274. The molecular formula is C26H22F3NO5. The van der Waals surface area contributed by atoms with Crippen LogP contribution in [0.1, 0.15) is 34.3 Å². The third-order valence-corrected chi connectivity index (χ3v) is 6.14. The van der Waals surface area contributed by atoms with Crippen LogP contribution in [0.25, 0.3) is 11.1 Å². The number of ether oxygens (including phenoxy) is 2. The van der Waals surface area contributed by atoms with Crippen molar-refractivity contribution in [3.8, 4) is 16.9 Å². The van der Waals surface area contributed by atoms with Gasteiger partial charge in [-0.2, -0.15) is 13.2 Å². The van der Waals surface area contributed by atoms with E-state index in [-0.39, 0.29) is 29.2 Å². The first-order valence-corrected chi connectivity index (χ1v) is 10.7. The van der Waals surface area contributed by atoms with Crippen LogP contribution in [0.3, 0.4) is 0 Å². The molecule has 0 bridgehead atoms. The van der Waals surface area contributed by atoms with Crippen LogP contribution in [0, 0.1) is 0 Å². The summed E-state index contributed by atoms with van der Waals surface area (Å²) in [6.07, 6.45) is -5.12. The number of anilines is 1. The average Bonchev–Trinajstić information content (AvgIpc) is 2.86. The van der Waals surface area contributed by atoms with Crippen LogP contribution in [-0.2, 0) is 15.1 Å². The fourth-order valence-electron chi connectivity index (χ4n) is 4.25. The number of benzene rings is 3. The summed E-state index contributed by atoms with van der Waals surface area (Å²) in [6.45, 7) is 0.984. The van der Waals surface area contributed by atoms with Gasteiger partial charge in [-0.15, -0.1) is 0 Å². The molecule has 35 heavy (non-hydrogen) atoms. The molecule has 2 unspecified atom stereocenters. The maximum absolute atomic E-state index is 14.6. The molecular weight excluding hydrogens is 463 g/mol. The number of carbonyl (C=O) groups excluding carboxylic acids is 2. The normalized spacial score (nSPS) is 15.8. The van der Waals surface area contributed by atoms with Crippen LogP contribution >= 0.6 is 0 Å². The monoisotopic (exact) mass is 485 g/mol. The maximum atomic E-state index is 14.6. The second-order valence-corrected chi connectivity index (χ2v) is 8.19. The highest BCUT2D eigenvalue weighted by atomic mass is 19.4. The number of hydrogen-bond donors (Lipinski definition) is 2. The Balaban J connectivity index is 1.92. The largest absolute Gasteiger partial charge is 0.482 e. The van der Waals surface area contributed by atoms with Crippen LogP contribution < -0.4 is 10.1 Å². The molecule has 1 heterocycles. The highest BCUT2D eigenvalue weighted by Crippen LogP contribution is 2.51. The number of nitrogens with one attached hydrogen (secondary N) is 1. The van der Waals surface area contributed by atoms with Crippen LogP contribution in [0.5, 0.6) is 5.75 Å². The molecule has 0 saturated carbocycles. The Labute approximate surface area is 199 Å².